The van der Waals surface area contributed by atoms with Gasteiger partial charge in [-0.25, -0.2) is 9.97 Å². The van der Waals surface area contributed by atoms with Gasteiger partial charge in [-0.05, 0) is 29.8 Å². The molecule has 1 fully saturated rings. The third-order valence-corrected chi connectivity index (χ3v) is 7.15. The van der Waals surface area contributed by atoms with E-state index in [2.05, 4.69) is 21.2 Å². The number of aromatic amines is 1. The highest BCUT2D eigenvalue weighted by Gasteiger charge is 2.21. The van der Waals surface area contributed by atoms with Gasteiger partial charge in [0.25, 0.3) is 0 Å². The molecule has 34 heavy (non-hydrogen) atoms. The third-order valence-electron chi connectivity index (χ3n) is 6.03. The van der Waals surface area contributed by atoms with E-state index in [1.807, 2.05) is 42.6 Å². The van der Waals surface area contributed by atoms with Gasteiger partial charge >= 0.3 is 0 Å². The maximum atomic E-state index is 11.6. The van der Waals surface area contributed by atoms with Gasteiger partial charge in [-0.3, -0.25) is 9.89 Å². The highest BCUT2D eigenvalue weighted by atomic mass is 32.1. The number of nitrogens with zero attached hydrogens (tertiary/aromatic N) is 4. The summed E-state index contributed by atoms with van der Waals surface area (Å²) in [5.41, 5.74) is 9.83. The maximum absolute atomic E-state index is 11.6. The van der Waals surface area contributed by atoms with E-state index in [0.29, 0.717) is 31.0 Å². The SMILES string of the molecule is NC(=O)c1cccc(Cc2cc3nc(-c4cccc5[nH]ncc45)nc(N4CCOCC4)c3s2)c1. The Balaban J connectivity index is 1.47. The molecule has 1 saturated heterocycles. The lowest BCUT2D eigenvalue weighted by Crippen LogP contribution is -2.36. The molecule has 0 spiro atoms. The molecular formula is C25H22N6O2S. The minimum Gasteiger partial charge on any atom is -0.378 e. The number of carbonyl (C=O) groups is 1. The second-order valence-corrected chi connectivity index (χ2v) is 9.41. The van der Waals surface area contributed by atoms with Crippen molar-refractivity contribution in [2.75, 3.05) is 31.2 Å². The number of aromatic nitrogens is 4. The molecule has 3 N–H and O–H groups in total. The van der Waals surface area contributed by atoms with Crippen LogP contribution in [0, 0.1) is 0 Å². The average Bonchev–Trinajstić information content (AvgIpc) is 3.50. The minimum atomic E-state index is -0.420. The smallest absolute Gasteiger partial charge is 0.248 e. The summed E-state index contributed by atoms with van der Waals surface area (Å²) in [4.78, 5) is 25.0. The normalized spacial score (nSPS) is 14.2. The van der Waals surface area contributed by atoms with E-state index in [-0.39, 0.29) is 0 Å². The molecule has 1 aliphatic rings. The first kappa shape index (κ1) is 20.8. The summed E-state index contributed by atoms with van der Waals surface area (Å²) in [5.74, 6) is 1.20. The quantitative estimate of drug-likeness (QED) is 0.405. The Bertz CT molecular complexity index is 1520. The molecule has 0 unspecified atom stereocenters. The molecule has 8 nitrogen and oxygen atoms in total. The minimum absolute atomic E-state index is 0.420. The molecule has 4 heterocycles. The first-order valence-electron chi connectivity index (χ1n) is 11.1. The topological polar surface area (TPSA) is 110 Å². The first-order valence-corrected chi connectivity index (χ1v) is 11.9. The Morgan fingerprint density at radius 3 is 2.82 bits per heavy atom. The number of amides is 1. The van der Waals surface area contributed by atoms with Gasteiger partial charge in [-0.1, -0.05) is 24.3 Å². The Kier molecular flexibility index (Phi) is 5.20. The van der Waals surface area contributed by atoms with E-state index in [9.17, 15) is 4.79 Å². The van der Waals surface area contributed by atoms with Crippen LogP contribution in [0.25, 0.3) is 32.5 Å². The van der Waals surface area contributed by atoms with Crippen molar-refractivity contribution in [2.45, 2.75) is 6.42 Å². The second kappa shape index (κ2) is 8.51. The molecule has 5 aromatic rings. The van der Waals surface area contributed by atoms with Gasteiger partial charge in [0.05, 0.1) is 35.1 Å². The number of ether oxygens (including phenoxy) is 1. The first-order chi connectivity index (χ1) is 16.7. The molecular weight excluding hydrogens is 448 g/mol. The van der Waals surface area contributed by atoms with Crippen molar-refractivity contribution in [1.29, 1.82) is 0 Å². The van der Waals surface area contributed by atoms with Crippen LogP contribution in [0.5, 0.6) is 0 Å². The lowest BCUT2D eigenvalue weighted by atomic mass is 10.1. The van der Waals surface area contributed by atoms with Crippen LogP contribution >= 0.6 is 11.3 Å². The van der Waals surface area contributed by atoms with Gasteiger partial charge < -0.3 is 15.4 Å². The van der Waals surface area contributed by atoms with Crippen molar-refractivity contribution in [3.63, 3.8) is 0 Å². The third kappa shape index (κ3) is 3.78. The fraction of sp³-hybridized carbons (Fsp3) is 0.200. The summed E-state index contributed by atoms with van der Waals surface area (Å²) in [6.45, 7) is 2.93. The molecule has 1 amide bonds. The van der Waals surface area contributed by atoms with Gasteiger partial charge in [0, 0.05) is 40.9 Å². The molecule has 0 bridgehead atoms. The number of fused-ring (bicyclic) bond motifs is 2. The van der Waals surface area contributed by atoms with Crippen molar-refractivity contribution < 1.29 is 9.53 Å². The lowest BCUT2D eigenvalue weighted by molar-refractivity contribution is 0.1000. The Morgan fingerprint density at radius 2 is 1.97 bits per heavy atom. The molecule has 0 atom stereocenters. The molecule has 9 heteroatoms. The maximum Gasteiger partial charge on any atom is 0.248 e. The zero-order chi connectivity index (χ0) is 23.1. The number of primary amides is 1. The molecule has 6 rings (SSSR count). The summed E-state index contributed by atoms with van der Waals surface area (Å²) in [6.07, 6.45) is 2.51. The largest absolute Gasteiger partial charge is 0.378 e. The van der Waals surface area contributed by atoms with Gasteiger partial charge in [0.2, 0.25) is 5.91 Å². The predicted molar refractivity (Wildman–Crippen MR) is 133 cm³/mol. The van der Waals surface area contributed by atoms with Crippen molar-refractivity contribution in [3.05, 3.63) is 70.7 Å². The summed E-state index contributed by atoms with van der Waals surface area (Å²) in [6, 6.07) is 15.6. The molecule has 3 aromatic heterocycles. The number of anilines is 1. The number of nitrogens with one attached hydrogen (secondary N) is 1. The van der Waals surface area contributed by atoms with Crippen molar-refractivity contribution >= 4 is 44.2 Å². The van der Waals surface area contributed by atoms with Crippen molar-refractivity contribution in [2.24, 2.45) is 5.73 Å². The van der Waals surface area contributed by atoms with Crippen LogP contribution in [-0.2, 0) is 11.2 Å². The Morgan fingerprint density at radius 1 is 1.12 bits per heavy atom. The number of hydrogen-bond acceptors (Lipinski definition) is 7. The molecule has 170 valence electrons. The highest BCUT2D eigenvalue weighted by Crippen LogP contribution is 2.36. The van der Waals surface area contributed by atoms with E-state index >= 15 is 0 Å². The van der Waals surface area contributed by atoms with Gasteiger partial charge in [0.1, 0.15) is 0 Å². The van der Waals surface area contributed by atoms with E-state index in [4.69, 9.17) is 20.4 Å². The lowest BCUT2D eigenvalue weighted by Gasteiger charge is -2.28. The number of carbonyl (C=O) groups excluding carboxylic acids is 1. The number of morpholine rings is 1. The number of benzene rings is 2. The molecule has 2 aromatic carbocycles. The van der Waals surface area contributed by atoms with Crippen LogP contribution in [0.1, 0.15) is 20.8 Å². The monoisotopic (exact) mass is 470 g/mol. The van der Waals surface area contributed by atoms with Gasteiger partial charge in [-0.15, -0.1) is 11.3 Å². The standard InChI is InChI=1S/C25H22N6O2S/c26-23(32)16-4-1-3-15(11-16)12-17-13-21-22(34-17)25(31-7-9-33-10-8-31)29-24(28-21)18-5-2-6-20-19(18)14-27-30-20/h1-6,11,13-14H,7-10,12H2,(H2,26,32)(H,27,30). The van der Waals surface area contributed by atoms with E-state index in [1.165, 1.54) is 0 Å². The number of hydrogen-bond donors (Lipinski definition) is 2. The summed E-state index contributed by atoms with van der Waals surface area (Å²) < 4.78 is 6.64. The number of H-pyrrole nitrogens is 1. The van der Waals surface area contributed by atoms with Crippen molar-refractivity contribution in [1.82, 2.24) is 20.2 Å². The fourth-order valence-corrected chi connectivity index (χ4v) is 5.51. The van der Waals surface area contributed by atoms with E-state index < -0.39 is 5.91 Å². The van der Waals surface area contributed by atoms with E-state index in [0.717, 1.165) is 56.0 Å². The fourth-order valence-electron chi connectivity index (χ4n) is 4.36. The van der Waals surface area contributed by atoms with Crippen molar-refractivity contribution in [3.8, 4) is 11.4 Å². The average molecular weight is 471 g/mol. The zero-order valence-corrected chi connectivity index (χ0v) is 19.1. The number of thiophene rings is 1. The molecule has 0 aliphatic carbocycles. The van der Waals surface area contributed by atoms with Crippen LogP contribution in [0.15, 0.2) is 54.7 Å². The van der Waals surface area contributed by atoms with E-state index in [1.54, 1.807) is 17.4 Å². The number of rotatable bonds is 5. The van der Waals surface area contributed by atoms with Crippen LogP contribution in [0.2, 0.25) is 0 Å². The van der Waals surface area contributed by atoms with Crippen LogP contribution in [0.3, 0.4) is 0 Å². The molecule has 0 saturated carbocycles. The number of nitrogens with two attached hydrogens (primary N) is 1. The Hall–Kier alpha value is -3.82. The van der Waals surface area contributed by atoms with Crippen LogP contribution in [0.4, 0.5) is 5.82 Å². The zero-order valence-electron chi connectivity index (χ0n) is 18.3. The summed E-state index contributed by atoms with van der Waals surface area (Å²) >= 11 is 1.69. The predicted octanol–water partition coefficient (Wildman–Crippen LogP) is 3.76. The van der Waals surface area contributed by atoms with Gasteiger partial charge in [0.15, 0.2) is 11.6 Å². The summed E-state index contributed by atoms with van der Waals surface area (Å²) in [5, 5.41) is 8.21. The Labute approximate surface area is 199 Å². The van der Waals surface area contributed by atoms with Gasteiger partial charge in [-0.2, -0.15) is 5.10 Å². The molecule has 1 aliphatic heterocycles. The van der Waals surface area contributed by atoms with Crippen LogP contribution in [-0.4, -0.2) is 52.4 Å². The summed E-state index contributed by atoms with van der Waals surface area (Å²) in [7, 11) is 0. The van der Waals surface area contributed by atoms with Crippen LogP contribution < -0.4 is 10.6 Å². The second-order valence-electron chi connectivity index (χ2n) is 8.28. The molecule has 0 radical (unpaired) electrons. The highest BCUT2D eigenvalue weighted by molar-refractivity contribution is 7.19.